The van der Waals surface area contributed by atoms with E-state index in [1.54, 1.807) is 36.0 Å². The number of carbonyl (C=O) groups is 1. The number of hydrogen-bond acceptors (Lipinski definition) is 4. The van der Waals surface area contributed by atoms with Gasteiger partial charge < -0.3 is 14.4 Å². The lowest BCUT2D eigenvalue weighted by Crippen LogP contribution is -2.44. The van der Waals surface area contributed by atoms with E-state index in [1.165, 1.54) is 0 Å². The SMILES string of the molecule is CCCCC(C(=O)O)N1CCCOP1(=O)c1ccc(OC)cc1. The van der Waals surface area contributed by atoms with Crippen molar-refractivity contribution in [3.05, 3.63) is 24.3 Å². The number of nitrogens with zero attached hydrogens (tertiary/aromatic N) is 1. The summed E-state index contributed by atoms with van der Waals surface area (Å²) in [5, 5.41) is 10.1. The molecule has 0 amide bonds. The largest absolute Gasteiger partial charge is 0.497 e. The molecule has 1 aliphatic rings. The van der Waals surface area contributed by atoms with Crippen molar-refractivity contribution in [3.63, 3.8) is 0 Å². The van der Waals surface area contributed by atoms with E-state index in [0.717, 1.165) is 12.8 Å². The standard InChI is InChI=1S/C16H24NO5P/c1-3-4-6-15(16(18)19)17-11-5-12-22-23(17,20)14-9-7-13(21-2)8-10-14/h7-10,15H,3-6,11-12H2,1-2H3,(H,18,19). The maximum absolute atomic E-state index is 13.5. The second-order valence-electron chi connectivity index (χ2n) is 5.56. The smallest absolute Gasteiger partial charge is 0.321 e. The molecule has 2 rings (SSSR count). The topological polar surface area (TPSA) is 76.1 Å². The van der Waals surface area contributed by atoms with Crippen molar-refractivity contribution in [1.82, 2.24) is 4.67 Å². The van der Waals surface area contributed by atoms with Crippen LogP contribution in [-0.2, 0) is 13.9 Å². The van der Waals surface area contributed by atoms with Gasteiger partial charge >= 0.3 is 13.5 Å². The highest BCUT2D eigenvalue weighted by atomic mass is 31.2. The Hall–Kier alpha value is -1.36. The third kappa shape index (κ3) is 3.94. The molecule has 6 nitrogen and oxygen atoms in total. The van der Waals surface area contributed by atoms with Crippen molar-refractivity contribution < 1.29 is 23.7 Å². The van der Waals surface area contributed by atoms with Crippen LogP contribution in [0.1, 0.15) is 32.6 Å². The molecule has 2 atom stereocenters. The number of methoxy groups -OCH3 is 1. The molecule has 1 saturated heterocycles. The summed E-state index contributed by atoms with van der Waals surface area (Å²) < 4.78 is 25.8. The minimum atomic E-state index is -3.36. The molecule has 1 N–H and O–H groups in total. The van der Waals surface area contributed by atoms with Crippen molar-refractivity contribution >= 4 is 18.8 Å². The summed E-state index contributed by atoms with van der Waals surface area (Å²) in [5.74, 6) is -0.289. The molecule has 23 heavy (non-hydrogen) atoms. The Bertz CT molecular complexity index is 574. The number of hydrogen-bond donors (Lipinski definition) is 1. The number of rotatable bonds is 7. The first kappa shape index (κ1) is 18.0. The molecule has 1 aromatic carbocycles. The molecule has 1 aliphatic heterocycles. The van der Waals surface area contributed by atoms with Crippen LogP contribution in [0.15, 0.2) is 24.3 Å². The molecule has 1 heterocycles. The quantitative estimate of drug-likeness (QED) is 0.769. The van der Waals surface area contributed by atoms with Gasteiger partial charge in [0.1, 0.15) is 11.8 Å². The van der Waals surface area contributed by atoms with Gasteiger partial charge in [-0.25, -0.2) is 4.67 Å². The Morgan fingerprint density at radius 3 is 2.70 bits per heavy atom. The predicted molar refractivity (Wildman–Crippen MR) is 88.5 cm³/mol. The lowest BCUT2D eigenvalue weighted by Gasteiger charge is -2.38. The van der Waals surface area contributed by atoms with Crippen LogP contribution in [0.2, 0.25) is 0 Å². The van der Waals surface area contributed by atoms with Gasteiger partial charge in [0.05, 0.1) is 19.0 Å². The maximum Gasteiger partial charge on any atom is 0.321 e. The van der Waals surface area contributed by atoms with Crippen LogP contribution in [0.4, 0.5) is 0 Å². The van der Waals surface area contributed by atoms with Gasteiger partial charge in [-0.05, 0) is 37.1 Å². The summed E-state index contributed by atoms with van der Waals surface area (Å²) in [6, 6.07) is 6.02. The second kappa shape index (κ2) is 7.95. The summed E-state index contributed by atoms with van der Waals surface area (Å²) in [6.45, 7) is 2.85. The highest BCUT2D eigenvalue weighted by molar-refractivity contribution is 7.64. The number of unbranched alkanes of at least 4 members (excludes halogenated alkanes) is 1. The van der Waals surface area contributed by atoms with Gasteiger partial charge in [-0.2, -0.15) is 0 Å². The van der Waals surface area contributed by atoms with E-state index < -0.39 is 19.5 Å². The van der Waals surface area contributed by atoms with Crippen LogP contribution in [0.5, 0.6) is 5.75 Å². The van der Waals surface area contributed by atoms with E-state index in [1.807, 2.05) is 6.92 Å². The zero-order chi connectivity index (χ0) is 16.9. The Morgan fingerprint density at radius 1 is 1.43 bits per heavy atom. The van der Waals surface area contributed by atoms with Crippen LogP contribution >= 0.6 is 7.52 Å². The monoisotopic (exact) mass is 341 g/mol. The van der Waals surface area contributed by atoms with Crippen LogP contribution in [-0.4, -0.2) is 42.0 Å². The molecule has 0 aromatic heterocycles. The number of carboxylic acid groups (broad SMARTS) is 1. The first-order valence-corrected chi connectivity index (χ1v) is 9.49. The normalized spacial score (nSPS) is 23.4. The van der Waals surface area contributed by atoms with E-state index in [2.05, 4.69) is 0 Å². The molecular weight excluding hydrogens is 317 g/mol. The second-order valence-corrected chi connectivity index (χ2v) is 7.89. The van der Waals surface area contributed by atoms with E-state index in [9.17, 15) is 14.5 Å². The van der Waals surface area contributed by atoms with E-state index in [4.69, 9.17) is 9.26 Å². The Kier molecular flexibility index (Phi) is 6.22. The van der Waals surface area contributed by atoms with Crippen LogP contribution in [0.25, 0.3) is 0 Å². The van der Waals surface area contributed by atoms with Gasteiger partial charge in [0, 0.05) is 6.54 Å². The van der Waals surface area contributed by atoms with Crippen molar-refractivity contribution in [2.24, 2.45) is 0 Å². The lowest BCUT2D eigenvalue weighted by molar-refractivity contribution is -0.142. The van der Waals surface area contributed by atoms with Crippen molar-refractivity contribution in [1.29, 1.82) is 0 Å². The van der Waals surface area contributed by atoms with Gasteiger partial charge in [-0.3, -0.25) is 9.36 Å². The van der Waals surface area contributed by atoms with Crippen LogP contribution < -0.4 is 10.0 Å². The van der Waals surface area contributed by atoms with Gasteiger partial charge in [0.2, 0.25) is 0 Å². The third-order valence-corrected chi connectivity index (χ3v) is 6.65. The first-order valence-electron chi connectivity index (χ1n) is 7.92. The molecule has 2 unspecified atom stereocenters. The molecule has 0 spiro atoms. The molecule has 0 aliphatic carbocycles. The van der Waals surface area contributed by atoms with Crippen molar-refractivity contribution in [2.75, 3.05) is 20.3 Å². The molecule has 0 bridgehead atoms. The third-order valence-electron chi connectivity index (χ3n) is 4.01. The number of carboxylic acids is 1. The summed E-state index contributed by atoms with van der Waals surface area (Å²) in [4.78, 5) is 11.7. The molecule has 128 valence electrons. The van der Waals surface area contributed by atoms with Gasteiger partial charge in [0.15, 0.2) is 0 Å². The average Bonchev–Trinajstić information content (AvgIpc) is 2.56. The summed E-state index contributed by atoms with van der Waals surface area (Å²) in [6.07, 6.45) is 2.81. The van der Waals surface area contributed by atoms with Gasteiger partial charge in [-0.15, -0.1) is 0 Å². The molecule has 0 radical (unpaired) electrons. The number of ether oxygens (including phenoxy) is 1. The Labute approximate surface area is 136 Å². The zero-order valence-electron chi connectivity index (χ0n) is 13.6. The van der Waals surface area contributed by atoms with Crippen LogP contribution in [0.3, 0.4) is 0 Å². The Balaban J connectivity index is 2.34. The van der Waals surface area contributed by atoms with E-state index in [-0.39, 0.29) is 0 Å². The highest BCUT2D eigenvalue weighted by Crippen LogP contribution is 2.53. The fraction of sp³-hybridized carbons (Fsp3) is 0.562. The Morgan fingerprint density at radius 2 is 2.13 bits per heavy atom. The molecule has 7 heteroatoms. The lowest BCUT2D eigenvalue weighted by atomic mass is 10.1. The van der Waals surface area contributed by atoms with Crippen LogP contribution in [0, 0.1) is 0 Å². The predicted octanol–water partition coefficient (Wildman–Crippen LogP) is 2.88. The number of aliphatic carboxylic acids is 1. The minimum absolute atomic E-state index is 0.375. The van der Waals surface area contributed by atoms with E-state index >= 15 is 0 Å². The fourth-order valence-corrected chi connectivity index (χ4v) is 5.23. The number of benzene rings is 1. The van der Waals surface area contributed by atoms with Crippen molar-refractivity contribution in [2.45, 2.75) is 38.6 Å². The molecule has 1 fully saturated rings. The zero-order valence-corrected chi connectivity index (χ0v) is 14.5. The maximum atomic E-state index is 13.5. The van der Waals surface area contributed by atoms with Gasteiger partial charge in [-0.1, -0.05) is 19.8 Å². The fourth-order valence-electron chi connectivity index (χ4n) is 2.75. The summed E-state index contributed by atoms with van der Waals surface area (Å²) in [7, 11) is -1.80. The minimum Gasteiger partial charge on any atom is -0.497 e. The average molecular weight is 341 g/mol. The highest BCUT2D eigenvalue weighted by Gasteiger charge is 2.43. The van der Waals surface area contributed by atoms with Gasteiger partial charge in [0.25, 0.3) is 0 Å². The molecular formula is C16H24NO5P. The summed E-state index contributed by atoms with van der Waals surface area (Å²) >= 11 is 0. The van der Waals surface area contributed by atoms with E-state index in [0.29, 0.717) is 37.0 Å². The van der Waals surface area contributed by atoms with Crippen molar-refractivity contribution in [3.8, 4) is 5.75 Å². The summed E-state index contributed by atoms with van der Waals surface area (Å²) in [5.41, 5.74) is 0. The molecule has 0 saturated carbocycles. The molecule has 1 aromatic rings. The first-order chi connectivity index (χ1) is 11.0.